The molecule has 0 N–H and O–H groups in total. The molecule has 104 valence electrons. The van der Waals surface area contributed by atoms with Crippen LogP contribution in [-0.4, -0.2) is 13.1 Å². The summed E-state index contributed by atoms with van der Waals surface area (Å²) >= 11 is 6.22. The van der Waals surface area contributed by atoms with E-state index >= 15 is 0 Å². The van der Waals surface area contributed by atoms with Gasteiger partial charge < -0.3 is 4.74 Å². The van der Waals surface area contributed by atoms with Crippen LogP contribution in [-0.2, 0) is 11.2 Å². The van der Waals surface area contributed by atoms with E-state index in [4.69, 9.17) is 11.6 Å². The summed E-state index contributed by atoms with van der Waals surface area (Å²) in [5, 5.41) is 0.533. The minimum Gasteiger partial charge on any atom is -0.465 e. The Balaban J connectivity index is 2.64. The van der Waals surface area contributed by atoms with Gasteiger partial charge in [-0.15, -0.1) is 0 Å². The molecular weight excluding hydrogens is 279 g/mol. The molecule has 0 bridgehead atoms. The molecule has 0 atom stereocenters. The van der Waals surface area contributed by atoms with Crippen LogP contribution in [0.5, 0.6) is 0 Å². The molecule has 0 heterocycles. The van der Waals surface area contributed by atoms with Crippen LogP contribution in [0.2, 0.25) is 5.02 Å². The Morgan fingerprint density at radius 1 is 1.30 bits per heavy atom. The second-order valence-corrected chi connectivity index (χ2v) is 4.75. The van der Waals surface area contributed by atoms with Gasteiger partial charge in [-0.1, -0.05) is 30.7 Å². The van der Waals surface area contributed by atoms with Gasteiger partial charge in [0.1, 0.15) is 5.82 Å². The number of hydrogen-bond donors (Lipinski definition) is 0. The maximum Gasteiger partial charge on any atom is 0.337 e. The lowest BCUT2D eigenvalue weighted by Crippen LogP contribution is -2.02. The summed E-state index contributed by atoms with van der Waals surface area (Å²) < 4.78 is 18.4. The van der Waals surface area contributed by atoms with Gasteiger partial charge in [-0.05, 0) is 41.8 Å². The minimum absolute atomic E-state index is 0.171. The topological polar surface area (TPSA) is 26.3 Å². The molecule has 0 aromatic heterocycles. The third kappa shape index (κ3) is 2.83. The lowest BCUT2D eigenvalue weighted by molar-refractivity contribution is 0.0600. The van der Waals surface area contributed by atoms with Crippen LogP contribution in [0.4, 0.5) is 4.39 Å². The van der Waals surface area contributed by atoms with E-state index in [9.17, 15) is 9.18 Å². The molecule has 0 unspecified atom stereocenters. The number of benzene rings is 2. The monoisotopic (exact) mass is 292 g/mol. The van der Waals surface area contributed by atoms with Crippen molar-refractivity contribution in [3.63, 3.8) is 0 Å². The van der Waals surface area contributed by atoms with Gasteiger partial charge in [0.15, 0.2) is 0 Å². The van der Waals surface area contributed by atoms with Crippen LogP contribution in [0.1, 0.15) is 22.8 Å². The molecule has 4 heteroatoms. The van der Waals surface area contributed by atoms with Gasteiger partial charge in [0.25, 0.3) is 0 Å². The number of ether oxygens (including phenoxy) is 1. The highest BCUT2D eigenvalue weighted by Gasteiger charge is 2.14. The maximum absolute atomic E-state index is 13.7. The SMILES string of the molecule is CCc1cccc(Cl)c1-c1cc(F)cc(C(=O)OC)c1. The number of aryl methyl sites for hydroxylation is 1. The highest BCUT2D eigenvalue weighted by molar-refractivity contribution is 6.33. The number of carbonyl (C=O) groups excluding carboxylic acids is 1. The van der Waals surface area contributed by atoms with Crippen LogP contribution in [0.3, 0.4) is 0 Å². The zero-order valence-corrected chi connectivity index (χ0v) is 12.0. The second-order valence-electron chi connectivity index (χ2n) is 4.35. The van der Waals surface area contributed by atoms with Crippen LogP contribution < -0.4 is 0 Å². The van der Waals surface area contributed by atoms with E-state index in [0.717, 1.165) is 23.6 Å². The van der Waals surface area contributed by atoms with Crippen molar-refractivity contribution in [3.05, 3.63) is 58.4 Å². The Kier molecular flexibility index (Phi) is 4.40. The van der Waals surface area contributed by atoms with Gasteiger partial charge >= 0.3 is 5.97 Å². The number of rotatable bonds is 3. The molecule has 0 spiro atoms. The predicted octanol–water partition coefficient (Wildman–Crippen LogP) is 4.50. The molecule has 0 amide bonds. The molecule has 2 nitrogen and oxygen atoms in total. The van der Waals surface area contributed by atoms with E-state index in [1.807, 2.05) is 19.1 Å². The summed E-state index contributed by atoms with van der Waals surface area (Å²) in [4.78, 5) is 11.6. The lowest BCUT2D eigenvalue weighted by atomic mass is 9.96. The Bertz CT molecular complexity index is 653. The van der Waals surface area contributed by atoms with E-state index in [1.165, 1.54) is 13.2 Å². The molecule has 2 aromatic rings. The first-order valence-corrected chi connectivity index (χ1v) is 6.61. The molecule has 0 aliphatic heterocycles. The first-order valence-electron chi connectivity index (χ1n) is 6.23. The molecule has 2 rings (SSSR count). The zero-order chi connectivity index (χ0) is 14.7. The van der Waals surface area contributed by atoms with Crippen molar-refractivity contribution in [1.82, 2.24) is 0 Å². The van der Waals surface area contributed by atoms with Gasteiger partial charge in [0.05, 0.1) is 12.7 Å². The number of hydrogen-bond acceptors (Lipinski definition) is 2. The summed E-state index contributed by atoms with van der Waals surface area (Å²) in [6, 6.07) is 9.65. The maximum atomic E-state index is 13.7. The minimum atomic E-state index is -0.573. The normalized spacial score (nSPS) is 10.4. The smallest absolute Gasteiger partial charge is 0.337 e. The van der Waals surface area contributed by atoms with Crippen LogP contribution in [0.15, 0.2) is 36.4 Å². The molecule has 20 heavy (non-hydrogen) atoms. The number of carbonyl (C=O) groups is 1. The third-order valence-corrected chi connectivity index (χ3v) is 3.40. The Labute approximate surface area is 122 Å². The summed E-state index contributed by atoms with van der Waals surface area (Å²) in [7, 11) is 1.26. The summed E-state index contributed by atoms with van der Waals surface area (Å²) in [5.74, 6) is -1.07. The molecule has 0 saturated heterocycles. The van der Waals surface area contributed by atoms with Crippen LogP contribution in [0.25, 0.3) is 11.1 Å². The number of halogens is 2. The van der Waals surface area contributed by atoms with Crippen molar-refractivity contribution in [2.24, 2.45) is 0 Å². The second kappa shape index (κ2) is 6.06. The summed E-state index contributed by atoms with van der Waals surface area (Å²) in [6.45, 7) is 2.00. The fraction of sp³-hybridized carbons (Fsp3) is 0.188. The summed E-state index contributed by atoms with van der Waals surface area (Å²) in [5.41, 5.74) is 2.50. The number of methoxy groups -OCH3 is 1. The van der Waals surface area contributed by atoms with E-state index in [0.29, 0.717) is 10.6 Å². The van der Waals surface area contributed by atoms with Gasteiger partial charge in [-0.3, -0.25) is 0 Å². The van der Waals surface area contributed by atoms with Gasteiger partial charge in [-0.2, -0.15) is 0 Å². The van der Waals surface area contributed by atoms with Crippen molar-refractivity contribution in [2.45, 2.75) is 13.3 Å². The predicted molar refractivity (Wildman–Crippen MR) is 77.6 cm³/mol. The van der Waals surface area contributed by atoms with Gasteiger partial charge in [0.2, 0.25) is 0 Å². The lowest BCUT2D eigenvalue weighted by Gasteiger charge is -2.11. The van der Waals surface area contributed by atoms with E-state index in [2.05, 4.69) is 4.74 Å². The van der Waals surface area contributed by atoms with Gasteiger partial charge in [-0.25, -0.2) is 9.18 Å². The van der Waals surface area contributed by atoms with Crippen molar-refractivity contribution in [2.75, 3.05) is 7.11 Å². The molecule has 0 aliphatic carbocycles. The Morgan fingerprint density at radius 3 is 2.70 bits per heavy atom. The highest BCUT2D eigenvalue weighted by Crippen LogP contribution is 2.33. The average molecular weight is 293 g/mol. The molecule has 0 fully saturated rings. The Morgan fingerprint density at radius 2 is 2.05 bits per heavy atom. The van der Waals surface area contributed by atoms with Crippen LogP contribution in [0, 0.1) is 5.82 Å². The first kappa shape index (κ1) is 14.5. The molecule has 2 aromatic carbocycles. The van der Waals surface area contributed by atoms with Crippen molar-refractivity contribution < 1.29 is 13.9 Å². The molecule has 0 radical (unpaired) electrons. The summed E-state index contributed by atoms with van der Waals surface area (Å²) in [6.07, 6.45) is 0.764. The number of esters is 1. The molecular formula is C16H14ClFO2. The quantitative estimate of drug-likeness (QED) is 0.779. The zero-order valence-electron chi connectivity index (χ0n) is 11.2. The van der Waals surface area contributed by atoms with Crippen molar-refractivity contribution in [1.29, 1.82) is 0 Å². The fourth-order valence-electron chi connectivity index (χ4n) is 2.16. The fourth-order valence-corrected chi connectivity index (χ4v) is 2.46. The van der Waals surface area contributed by atoms with Gasteiger partial charge in [0, 0.05) is 10.6 Å². The van der Waals surface area contributed by atoms with E-state index in [-0.39, 0.29) is 5.56 Å². The van der Waals surface area contributed by atoms with Crippen molar-refractivity contribution in [3.8, 4) is 11.1 Å². The molecule has 0 aliphatic rings. The van der Waals surface area contributed by atoms with E-state index in [1.54, 1.807) is 12.1 Å². The highest BCUT2D eigenvalue weighted by atomic mass is 35.5. The average Bonchev–Trinajstić information content (AvgIpc) is 2.45. The third-order valence-electron chi connectivity index (χ3n) is 3.09. The molecule has 0 saturated carbocycles. The standard InChI is InChI=1S/C16H14ClFO2/c1-3-10-5-4-6-14(17)15(10)11-7-12(16(19)20-2)9-13(18)8-11/h4-9H,3H2,1-2H3. The largest absolute Gasteiger partial charge is 0.465 e. The first-order chi connectivity index (χ1) is 9.56. The van der Waals surface area contributed by atoms with Crippen LogP contribution >= 0.6 is 11.6 Å². The van der Waals surface area contributed by atoms with Crippen molar-refractivity contribution >= 4 is 17.6 Å². The van der Waals surface area contributed by atoms with E-state index < -0.39 is 11.8 Å². The Hall–Kier alpha value is -1.87.